The third-order valence-corrected chi connectivity index (χ3v) is 7.30. The molecule has 0 spiro atoms. The number of nitrogens with zero attached hydrogens (tertiary/aromatic N) is 2. The van der Waals surface area contributed by atoms with E-state index >= 15 is 0 Å². The summed E-state index contributed by atoms with van der Waals surface area (Å²) < 4.78 is 1.85. The summed E-state index contributed by atoms with van der Waals surface area (Å²) >= 11 is 0. The molecule has 0 unspecified atom stereocenters. The highest BCUT2D eigenvalue weighted by atomic mass is 16.2. The summed E-state index contributed by atoms with van der Waals surface area (Å²) in [7, 11) is 0. The number of aromatic nitrogens is 1. The summed E-state index contributed by atoms with van der Waals surface area (Å²) in [6.07, 6.45) is 1.36. The molecule has 186 valence electrons. The fourth-order valence-electron chi connectivity index (χ4n) is 5.54. The average Bonchev–Trinajstić information content (AvgIpc) is 2.86. The van der Waals surface area contributed by atoms with Gasteiger partial charge in [-0.2, -0.15) is 0 Å². The number of pyridine rings is 1. The largest absolute Gasteiger partial charge is 0.326 e. The molecule has 1 fully saturated rings. The van der Waals surface area contributed by atoms with E-state index in [1.54, 1.807) is 12.1 Å². The van der Waals surface area contributed by atoms with Crippen molar-refractivity contribution in [2.45, 2.75) is 45.2 Å². The molecule has 2 aliphatic rings. The number of likely N-dealkylation sites (tertiary alicyclic amines) is 1. The van der Waals surface area contributed by atoms with Crippen molar-refractivity contribution in [1.82, 2.24) is 14.8 Å². The van der Waals surface area contributed by atoms with E-state index in [1.807, 2.05) is 77.9 Å². The molecule has 2 N–H and O–H groups in total. The second kappa shape index (κ2) is 10.0. The van der Waals surface area contributed by atoms with Gasteiger partial charge in [0.1, 0.15) is 6.04 Å². The van der Waals surface area contributed by atoms with Crippen molar-refractivity contribution in [3.8, 4) is 0 Å². The molecule has 3 heterocycles. The summed E-state index contributed by atoms with van der Waals surface area (Å²) in [6, 6.07) is 20.0. The van der Waals surface area contributed by atoms with Crippen LogP contribution in [0, 0.1) is 19.8 Å². The average molecular weight is 485 g/mol. The first-order chi connectivity index (χ1) is 17.4. The smallest absolute Gasteiger partial charge is 0.318 e. The highest BCUT2D eigenvalue weighted by Gasteiger charge is 2.37. The van der Waals surface area contributed by atoms with Crippen LogP contribution in [0.3, 0.4) is 0 Å². The molecule has 36 heavy (non-hydrogen) atoms. The van der Waals surface area contributed by atoms with Gasteiger partial charge in [-0.3, -0.25) is 9.59 Å². The SMILES string of the molecule is Cc1ccc(NC(=O)[C@H](Cc2ccccc2)NC(=O)N2C[C@@H]3C[C@H](C2)c2cccc(=O)n2C3)c(C)c1. The molecule has 1 aromatic heterocycles. The minimum atomic E-state index is -0.725. The van der Waals surface area contributed by atoms with E-state index in [0.29, 0.717) is 26.1 Å². The van der Waals surface area contributed by atoms with Gasteiger partial charge in [-0.05, 0) is 49.4 Å². The van der Waals surface area contributed by atoms with Crippen LogP contribution in [0.1, 0.15) is 34.7 Å². The second-order valence-corrected chi connectivity index (χ2v) is 10.1. The zero-order valence-corrected chi connectivity index (χ0v) is 20.7. The first kappa shape index (κ1) is 23.9. The van der Waals surface area contributed by atoms with Gasteiger partial charge in [-0.1, -0.05) is 54.1 Å². The lowest BCUT2D eigenvalue weighted by Gasteiger charge is -2.43. The van der Waals surface area contributed by atoms with E-state index in [2.05, 4.69) is 10.6 Å². The van der Waals surface area contributed by atoms with Crippen LogP contribution < -0.4 is 16.2 Å². The minimum Gasteiger partial charge on any atom is -0.326 e. The predicted octanol–water partition coefficient (Wildman–Crippen LogP) is 3.84. The third kappa shape index (κ3) is 5.05. The number of piperidine rings is 1. The fraction of sp³-hybridized carbons (Fsp3) is 0.345. The van der Waals surface area contributed by atoms with Crippen molar-refractivity contribution in [3.63, 3.8) is 0 Å². The Hall–Kier alpha value is -3.87. The number of carbonyl (C=O) groups excluding carboxylic acids is 2. The normalized spacial score (nSPS) is 19.2. The minimum absolute atomic E-state index is 0.0195. The van der Waals surface area contributed by atoms with Crippen LogP contribution >= 0.6 is 0 Å². The van der Waals surface area contributed by atoms with Crippen molar-refractivity contribution in [2.24, 2.45) is 5.92 Å². The number of hydrogen-bond acceptors (Lipinski definition) is 3. The number of aryl methyl sites for hydroxylation is 2. The van der Waals surface area contributed by atoms with Gasteiger partial charge in [-0.25, -0.2) is 4.79 Å². The molecule has 0 aliphatic carbocycles. The predicted molar refractivity (Wildman–Crippen MR) is 140 cm³/mol. The zero-order chi connectivity index (χ0) is 25.2. The van der Waals surface area contributed by atoms with Crippen molar-refractivity contribution >= 4 is 17.6 Å². The molecule has 7 heteroatoms. The number of benzene rings is 2. The van der Waals surface area contributed by atoms with E-state index < -0.39 is 6.04 Å². The number of nitrogens with one attached hydrogen (secondary N) is 2. The van der Waals surface area contributed by atoms with Gasteiger partial charge in [0.05, 0.1) is 0 Å². The molecular formula is C29H32N4O3. The Balaban J connectivity index is 1.33. The first-order valence-corrected chi connectivity index (χ1v) is 12.5. The lowest BCUT2D eigenvalue weighted by molar-refractivity contribution is -0.118. The van der Waals surface area contributed by atoms with Crippen LogP contribution in [0.4, 0.5) is 10.5 Å². The Morgan fingerprint density at radius 2 is 1.78 bits per heavy atom. The van der Waals surface area contributed by atoms with Gasteiger partial charge in [0.2, 0.25) is 5.91 Å². The third-order valence-electron chi connectivity index (χ3n) is 7.30. The van der Waals surface area contributed by atoms with E-state index in [4.69, 9.17) is 0 Å². The van der Waals surface area contributed by atoms with Gasteiger partial charge in [0.25, 0.3) is 5.56 Å². The van der Waals surface area contributed by atoms with Crippen LogP contribution in [0.2, 0.25) is 0 Å². The van der Waals surface area contributed by atoms with Crippen molar-refractivity contribution in [2.75, 3.05) is 18.4 Å². The van der Waals surface area contributed by atoms with Crippen LogP contribution in [0.15, 0.2) is 71.5 Å². The summed E-state index contributed by atoms with van der Waals surface area (Å²) in [5.74, 6) is 0.0979. The molecule has 2 aliphatic heterocycles. The van der Waals surface area contributed by atoms with Crippen molar-refractivity contribution in [1.29, 1.82) is 0 Å². The van der Waals surface area contributed by atoms with Crippen molar-refractivity contribution in [3.05, 3.63) is 99.5 Å². The summed E-state index contributed by atoms with van der Waals surface area (Å²) in [5, 5.41) is 6.03. The molecule has 3 amide bonds. The Bertz CT molecular complexity index is 1330. The molecule has 7 nitrogen and oxygen atoms in total. The highest BCUT2D eigenvalue weighted by molar-refractivity contribution is 5.97. The number of urea groups is 1. The summed E-state index contributed by atoms with van der Waals surface area (Å²) in [4.78, 5) is 41.0. The maximum Gasteiger partial charge on any atom is 0.318 e. The molecule has 2 bridgehead atoms. The molecule has 5 rings (SSSR count). The summed E-state index contributed by atoms with van der Waals surface area (Å²) in [5.41, 5.74) is 4.83. The van der Waals surface area contributed by atoms with Crippen LogP contribution in [0.5, 0.6) is 0 Å². The van der Waals surface area contributed by atoms with Gasteiger partial charge < -0.3 is 20.1 Å². The van der Waals surface area contributed by atoms with E-state index in [9.17, 15) is 14.4 Å². The maximum atomic E-state index is 13.4. The monoisotopic (exact) mass is 484 g/mol. The van der Waals surface area contributed by atoms with E-state index in [-0.39, 0.29) is 29.3 Å². The Morgan fingerprint density at radius 1 is 0.972 bits per heavy atom. The van der Waals surface area contributed by atoms with E-state index in [1.165, 1.54) is 0 Å². The van der Waals surface area contributed by atoms with Crippen LogP contribution in [-0.2, 0) is 17.8 Å². The van der Waals surface area contributed by atoms with E-state index in [0.717, 1.165) is 34.5 Å². The fourth-order valence-corrected chi connectivity index (χ4v) is 5.54. The number of rotatable bonds is 5. The van der Waals surface area contributed by atoms with Crippen LogP contribution in [-0.4, -0.2) is 40.5 Å². The Morgan fingerprint density at radius 3 is 2.56 bits per heavy atom. The second-order valence-electron chi connectivity index (χ2n) is 10.1. The lowest BCUT2D eigenvalue weighted by Crippen LogP contribution is -2.55. The van der Waals surface area contributed by atoms with Gasteiger partial charge in [-0.15, -0.1) is 0 Å². The molecular weight excluding hydrogens is 452 g/mol. The Kier molecular flexibility index (Phi) is 6.63. The topological polar surface area (TPSA) is 83.4 Å². The maximum absolute atomic E-state index is 13.4. The lowest BCUT2D eigenvalue weighted by atomic mass is 9.83. The van der Waals surface area contributed by atoms with Gasteiger partial charge >= 0.3 is 6.03 Å². The molecule has 0 radical (unpaired) electrons. The molecule has 0 saturated carbocycles. The van der Waals surface area contributed by atoms with Gasteiger partial charge in [0, 0.05) is 49.4 Å². The molecule has 1 saturated heterocycles. The quantitative estimate of drug-likeness (QED) is 0.577. The first-order valence-electron chi connectivity index (χ1n) is 12.5. The number of hydrogen-bond donors (Lipinski definition) is 2. The number of anilines is 1. The van der Waals surface area contributed by atoms with Crippen LogP contribution in [0.25, 0.3) is 0 Å². The molecule has 2 aromatic carbocycles. The number of amides is 3. The summed E-state index contributed by atoms with van der Waals surface area (Å²) in [6.45, 7) is 5.70. The Labute approximate surface area is 211 Å². The number of carbonyl (C=O) groups is 2. The zero-order valence-electron chi connectivity index (χ0n) is 20.7. The molecule has 3 atom stereocenters. The molecule has 3 aromatic rings. The van der Waals surface area contributed by atoms with Gasteiger partial charge in [0.15, 0.2) is 0 Å². The van der Waals surface area contributed by atoms with Crippen molar-refractivity contribution < 1.29 is 9.59 Å². The number of fused-ring (bicyclic) bond motifs is 4. The highest BCUT2D eigenvalue weighted by Crippen LogP contribution is 2.35. The standard InChI is InChI=1S/C29H32N4O3/c1-19-11-12-24(20(2)13-19)30-28(35)25(15-21-7-4-3-5-8-21)31-29(36)32-16-22-14-23(18-32)26-9-6-10-27(34)33(26)17-22/h3-13,22-23,25H,14-18H2,1-2H3,(H,30,35)(H,31,36)/t22-,23+,25-/m0/s1.